The first-order chi connectivity index (χ1) is 7.84. The van der Waals surface area contributed by atoms with Crippen molar-refractivity contribution in [1.82, 2.24) is 4.57 Å². The summed E-state index contributed by atoms with van der Waals surface area (Å²) in [7, 11) is 0. The van der Waals surface area contributed by atoms with Crippen LogP contribution in [0.4, 0.5) is 0 Å². The molecule has 0 aliphatic rings. The predicted molar refractivity (Wildman–Crippen MR) is 71.5 cm³/mol. The lowest BCUT2D eigenvalue weighted by Crippen LogP contribution is -2.09. The van der Waals surface area contributed by atoms with E-state index in [-0.39, 0.29) is 18.2 Å². The average molecular weight is 250 g/mol. The van der Waals surface area contributed by atoms with Gasteiger partial charge in [0.25, 0.3) is 0 Å². The van der Waals surface area contributed by atoms with Gasteiger partial charge in [-0.1, -0.05) is 30.3 Å². The minimum atomic E-state index is 0. The zero-order valence-electron chi connectivity index (χ0n) is 9.58. The predicted octanol–water partition coefficient (Wildman–Crippen LogP) is 3.11. The van der Waals surface area contributed by atoms with Crippen LogP contribution in [0.3, 0.4) is 0 Å². The molecule has 2 rings (SSSR count). The summed E-state index contributed by atoms with van der Waals surface area (Å²) >= 11 is 0. The molecule has 0 N–H and O–H groups in total. The van der Waals surface area contributed by atoms with E-state index in [2.05, 4.69) is 12.1 Å². The van der Waals surface area contributed by atoms with E-state index in [9.17, 15) is 4.79 Å². The Morgan fingerprint density at radius 3 is 2.29 bits per heavy atom. The summed E-state index contributed by atoms with van der Waals surface area (Å²) in [6.45, 7) is 0.486. The first-order valence-electron chi connectivity index (χ1n) is 5.51. The Balaban J connectivity index is 0.00000144. The van der Waals surface area contributed by atoms with Crippen LogP contribution in [0.25, 0.3) is 0 Å². The molecule has 1 heterocycles. The minimum Gasteiger partial charge on any atom is -0.347 e. The van der Waals surface area contributed by atoms with E-state index in [0.29, 0.717) is 13.0 Å². The van der Waals surface area contributed by atoms with Gasteiger partial charge in [0.2, 0.25) is 0 Å². The molecule has 0 bridgehead atoms. The van der Waals surface area contributed by atoms with E-state index in [1.807, 2.05) is 47.3 Å². The normalized spacial score (nSPS) is 9.65. The summed E-state index contributed by atoms with van der Waals surface area (Å²) in [4.78, 5) is 11.7. The number of benzene rings is 1. The van der Waals surface area contributed by atoms with Crippen LogP contribution < -0.4 is 0 Å². The highest BCUT2D eigenvalue weighted by Gasteiger charge is 2.02. The number of aromatic nitrogens is 1. The summed E-state index contributed by atoms with van der Waals surface area (Å²) in [6.07, 6.45) is 5.28. The molecule has 90 valence electrons. The van der Waals surface area contributed by atoms with Crippen molar-refractivity contribution in [2.75, 3.05) is 0 Å². The SMILES string of the molecule is Cl.O=C(CCc1ccccc1)Cn1cccc1. The van der Waals surface area contributed by atoms with Crippen LogP contribution in [-0.2, 0) is 17.8 Å². The Hall–Kier alpha value is -1.54. The number of Topliss-reactive ketones (excluding diaryl/α,β-unsaturated/α-hetero) is 1. The molecule has 2 nitrogen and oxygen atoms in total. The second kappa shape index (κ2) is 6.92. The van der Waals surface area contributed by atoms with Crippen molar-refractivity contribution in [1.29, 1.82) is 0 Å². The Kier molecular flexibility index (Phi) is 5.50. The molecular formula is C14H16ClNO. The van der Waals surface area contributed by atoms with Gasteiger partial charge in [-0.3, -0.25) is 4.79 Å². The maximum atomic E-state index is 11.7. The van der Waals surface area contributed by atoms with Gasteiger partial charge in [-0.15, -0.1) is 12.4 Å². The van der Waals surface area contributed by atoms with Gasteiger partial charge in [0.15, 0.2) is 5.78 Å². The molecule has 0 aliphatic heterocycles. The minimum absolute atomic E-state index is 0. The van der Waals surface area contributed by atoms with Crippen molar-refractivity contribution >= 4 is 18.2 Å². The molecule has 17 heavy (non-hydrogen) atoms. The molecule has 0 saturated carbocycles. The summed E-state index contributed by atoms with van der Waals surface area (Å²) in [5, 5.41) is 0. The smallest absolute Gasteiger partial charge is 0.152 e. The zero-order valence-corrected chi connectivity index (χ0v) is 10.4. The van der Waals surface area contributed by atoms with Gasteiger partial charge < -0.3 is 4.57 Å². The lowest BCUT2D eigenvalue weighted by molar-refractivity contribution is -0.119. The summed E-state index contributed by atoms with van der Waals surface area (Å²) in [5.74, 6) is 0.278. The fourth-order valence-electron chi connectivity index (χ4n) is 1.69. The lowest BCUT2D eigenvalue weighted by atomic mass is 10.1. The number of aryl methyl sites for hydroxylation is 1. The third kappa shape index (κ3) is 4.45. The van der Waals surface area contributed by atoms with Crippen LogP contribution in [-0.4, -0.2) is 10.4 Å². The van der Waals surface area contributed by atoms with E-state index in [0.717, 1.165) is 6.42 Å². The van der Waals surface area contributed by atoms with Crippen molar-refractivity contribution in [2.24, 2.45) is 0 Å². The molecule has 1 aromatic carbocycles. The molecule has 0 saturated heterocycles. The lowest BCUT2D eigenvalue weighted by Gasteiger charge is -2.02. The number of ketones is 1. The molecule has 0 radical (unpaired) electrons. The fraction of sp³-hybridized carbons (Fsp3) is 0.214. The monoisotopic (exact) mass is 249 g/mol. The summed E-state index contributed by atoms with van der Waals surface area (Å²) in [6, 6.07) is 14.0. The number of hydrogen-bond acceptors (Lipinski definition) is 1. The Morgan fingerprint density at radius 1 is 1.00 bits per heavy atom. The van der Waals surface area contributed by atoms with Gasteiger partial charge in [-0.25, -0.2) is 0 Å². The number of halogens is 1. The molecule has 3 heteroatoms. The van der Waals surface area contributed by atoms with E-state index in [4.69, 9.17) is 0 Å². The first kappa shape index (κ1) is 13.5. The van der Waals surface area contributed by atoms with Gasteiger partial charge >= 0.3 is 0 Å². The molecule has 0 spiro atoms. The second-order valence-electron chi connectivity index (χ2n) is 3.88. The van der Waals surface area contributed by atoms with Crippen molar-refractivity contribution < 1.29 is 4.79 Å². The maximum absolute atomic E-state index is 11.7. The highest BCUT2D eigenvalue weighted by atomic mass is 35.5. The zero-order chi connectivity index (χ0) is 11.2. The van der Waals surface area contributed by atoms with Crippen LogP contribution in [0.5, 0.6) is 0 Å². The molecule has 0 amide bonds. The number of nitrogens with zero attached hydrogens (tertiary/aromatic N) is 1. The van der Waals surface area contributed by atoms with Crippen molar-refractivity contribution in [3.63, 3.8) is 0 Å². The Morgan fingerprint density at radius 2 is 1.65 bits per heavy atom. The van der Waals surface area contributed by atoms with Crippen molar-refractivity contribution in [3.8, 4) is 0 Å². The van der Waals surface area contributed by atoms with Gasteiger partial charge in [-0.05, 0) is 24.1 Å². The fourth-order valence-corrected chi connectivity index (χ4v) is 1.69. The largest absolute Gasteiger partial charge is 0.347 e. The third-order valence-corrected chi connectivity index (χ3v) is 2.56. The maximum Gasteiger partial charge on any atom is 0.152 e. The van der Waals surface area contributed by atoms with E-state index >= 15 is 0 Å². The number of rotatable bonds is 5. The van der Waals surface area contributed by atoms with Gasteiger partial charge in [0, 0.05) is 18.8 Å². The van der Waals surface area contributed by atoms with E-state index in [1.165, 1.54) is 5.56 Å². The first-order valence-corrected chi connectivity index (χ1v) is 5.51. The molecule has 0 unspecified atom stereocenters. The van der Waals surface area contributed by atoms with Crippen LogP contribution >= 0.6 is 12.4 Å². The molecule has 0 aliphatic carbocycles. The molecule has 0 atom stereocenters. The Bertz CT molecular complexity index is 437. The van der Waals surface area contributed by atoms with E-state index < -0.39 is 0 Å². The highest BCUT2D eigenvalue weighted by molar-refractivity contribution is 5.85. The highest BCUT2D eigenvalue weighted by Crippen LogP contribution is 2.03. The van der Waals surface area contributed by atoms with Crippen molar-refractivity contribution in [2.45, 2.75) is 19.4 Å². The quantitative estimate of drug-likeness (QED) is 0.798. The molecule has 1 aromatic heterocycles. The third-order valence-electron chi connectivity index (χ3n) is 2.56. The van der Waals surface area contributed by atoms with Crippen LogP contribution in [0.1, 0.15) is 12.0 Å². The molecule has 2 aromatic rings. The van der Waals surface area contributed by atoms with Crippen LogP contribution in [0, 0.1) is 0 Å². The topological polar surface area (TPSA) is 22.0 Å². The molecule has 0 fully saturated rings. The Labute approximate surface area is 108 Å². The standard InChI is InChI=1S/C14H15NO.ClH/c16-14(12-15-10-4-5-11-15)9-8-13-6-2-1-3-7-13;/h1-7,10-11H,8-9,12H2;1H. The summed E-state index contributed by atoms with van der Waals surface area (Å²) < 4.78 is 1.91. The van der Waals surface area contributed by atoms with Crippen LogP contribution in [0.15, 0.2) is 54.9 Å². The van der Waals surface area contributed by atoms with Crippen molar-refractivity contribution in [3.05, 3.63) is 60.4 Å². The van der Waals surface area contributed by atoms with Crippen LogP contribution in [0.2, 0.25) is 0 Å². The second-order valence-corrected chi connectivity index (χ2v) is 3.88. The average Bonchev–Trinajstić information content (AvgIpc) is 2.81. The number of carbonyl (C=O) groups excluding carboxylic acids is 1. The van der Waals surface area contributed by atoms with Gasteiger partial charge in [0.1, 0.15) is 0 Å². The summed E-state index contributed by atoms with van der Waals surface area (Å²) in [5.41, 5.74) is 1.23. The van der Waals surface area contributed by atoms with Gasteiger partial charge in [0.05, 0.1) is 6.54 Å². The van der Waals surface area contributed by atoms with Gasteiger partial charge in [-0.2, -0.15) is 0 Å². The number of hydrogen-bond donors (Lipinski definition) is 0. The van der Waals surface area contributed by atoms with E-state index in [1.54, 1.807) is 0 Å². The molecular weight excluding hydrogens is 234 g/mol. The number of carbonyl (C=O) groups is 1.